The van der Waals surface area contributed by atoms with E-state index in [1.54, 1.807) is 12.3 Å². The molecule has 1 aromatic rings. The van der Waals surface area contributed by atoms with Gasteiger partial charge in [0.1, 0.15) is 5.75 Å². The Balaban J connectivity index is 1.63. The molecule has 0 unspecified atom stereocenters. The van der Waals surface area contributed by atoms with Crippen LogP contribution in [0.25, 0.3) is 0 Å². The molecule has 0 saturated heterocycles. The van der Waals surface area contributed by atoms with Gasteiger partial charge in [-0.05, 0) is 36.8 Å². The second-order valence-electron chi connectivity index (χ2n) is 6.43. The van der Waals surface area contributed by atoms with Crippen LogP contribution in [0, 0.1) is 11.8 Å². The summed E-state index contributed by atoms with van der Waals surface area (Å²) in [6.07, 6.45) is 15.2. The largest absolute Gasteiger partial charge is 0.506 e. The molecule has 0 aromatic carbocycles. The van der Waals surface area contributed by atoms with Crippen molar-refractivity contribution in [3.8, 4) is 5.75 Å². The lowest BCUT2D eigenvalue weighted by atomic mass is 9.78. The molecule has 2 rings (SSSR count). The lowest BCUT2D eigenvalue weighted by molar-refractivity contribution is 0.249. The minimum atomic E-state index is 0.265. The highest BCUT2D eigenvalue weighted by Crippen LogP contribution is 2.34. The molecule has 1 heterocycles. The molecule has 20 heavy (non-hydrogen) atoms. The quantitative estimate of drug-likeness (QED) is 0.702. The maximum Gasteiger partial charge on any atom is 0.133 e. The van der Waals surface area contributed by atoms with Crippen molar-refractivity contribution in [1.82, 2.24) is 4.98 Å². The van der Waals surface area contributed by atoms with E-state index in [2.05, 4.69) is 11.9 Å². The average Bonchev–Trinajstić information content (AvgIpc) is 2.48. The van der Waals surface area contributed by atoms with Crippen LogP contribution in [0.15, 0.2) is 18.3 Å². The summed E-state index contributed by atoms with van der Waals surface area (Å²) < 4.78 is 0. The molecule has 1 fully saturated rings. The van der Waals surface area contributed by atoms with Crippen molar-refractivity contribution in [2.75, 3.05) is 0 Å². The first-order chi connectivity index (χ1) is 9.78. The molecule has 112 valence electrons. The molecule has 0 bridgehead atoms. The number of rotatable bonds is 7. The van der Waals surface area contributed by atoms with Gasteiger partial charge in [-0.2, -0.15) is 0 Å². The Morgan fingerprint density at radius 1 is 1.05 bits per heavy atom. The Labute approximate surface area is 123 Å². The van der Waals surface area contributed by atoms with E-state index in [0.717, 1.165) is 24.0 Å². The molecule has 0 aliphatic heterocycles. The maximum atomic E-state index is 9.23. The molecule has 0 spiro atoms. The fourth-order valence-electron chi connectivity index (χ4n) is 3.41. The average molecular weight is 275 g/mol. The Morgan fingerprint density at radius 3 is 2.35 bits per heavy atom. The van der Waals surface area contributed by atoms with Crippen molar-refractivity contribution in [2.24, 2.45) is 11.8 Å². The SMILES string of the molecule is CCCCCC1CCC(CCc2ccc(O)cn2)CC1. The smallest absolute Gasteiger partial charge is 0.133 e. The summed E-state index contributed by atoms with van der Waals surface area (Å²) >= 11 is 0. The van der Waals surface area contributed by atoms with Gasteiger partial charge in [-0.15, -0.1) is 0 Å². The van der Waals surface area contributed by atoms with E-state index in [-0.39, 0.29) is 5.75 Å². The van der Waals surface area contributed by atoms with Gasteiger partial charge in [0.05, 0.1) is 6.20 Å². The molecule has 1 saturated carbocycles. The minimum Gasteiger partial charge on any atom is -0.506 e. The fourth-order valence-corrected chi connectivity index (χ4v) is 3.41. The molecule has 0 atom stereocenters. The monoisotopic (exact) mass is 275 g/mol. The molecule has 0 amide bonds. The van der Waals surface area contributed by atoms with Crippen LogP contribution in [0.5, 0.6) is 5.75 Å². The highest BCUT2D eigenvalue weighted by atomic mass is 16.3. The van der Waals surface area contributed by atoms with Crippen LogP contribution in [0.3, 0.4) is 0 Å². The van der Waals surface area contributed by atoms with E-state index in [0.29, 0.717) is 0 Å². The third-order valence-electron chi connectivity index (χ3n) is 4.80. The summed E-state index contributed by atoms with van der Waals surface area (Å²) in [5.41, 5.74) is 1.12. The van der Waals surface area contributed by atoms with Gasteiger partial charge in [0, 0.05) is 5.69 Å². The predicted molar refractivity (Wildman–Crippen MR) is 83.8 cm³/mol. The minimum absolute atomic E-state index is 0.265. The molecule has 2 nitrogen and oxygen atoms in total. The van der Waals surface area contributed by atoms with Gasteiger partial charge in [-0.1, -0.05) is 58.3 Å². The van der Waals surface area contributed by atoms with Crippen LogP contribution < -0.4 is 0 Å². The number of hydrogen-bond acceptors (Lipinski definition) is 2. The van der Waals surface area contributed by atoms with Gasteiger partial charge in [0.15, 0.2) is 0 Å². The lowest BCUT2D eigenvalue weighted by Gasteiger charge is -2.28. The number of aromatic nitrogens is 1. The topological polar surface area (TPSA) is 33.1 Å². The van der Waals surface area contributed by atoms with E-state index < -0.39 is 0 Å². The second kappa shape index (κ2) is 8.28. The highest BCUT2D eigenvalue weighted by molar-refractivity contribution is 5.17. The van der Waals surface area contributed by atoms with Crippen LogP contribution in [0.4, 0.5) is 0 Å². The van der Waals surface area contributed by atoms with Gasteiger partial charge in [-0.3, -0.25) is 4.98 Å². The molecule has 1 aliphatic rings. The highest BCUT2D eigenvalue weighted by Gasteiger charge is 2.20. The van der Waals surface area contributed by atoms with Gasteiger partial charge in [0.2, 0.25) is 0 Å². The Hall–Kier alpha value is -1.05. The summed E-state index contributed by atoms with van der Waals surface area (Å²) in [5, 5.41) is 9.23. The standard InChI is InChI=1S/C18H29NO/c1-2-3-4-5-15-6-8-16(9-7-15)10-11-17-12-13-18(20)14-19-17/h12-16,20H,2-11H2,1H3. The molecule has 1 N–H and O–H groups in total. The van der Waals surface area contributed by atoms with Gasteiger partial charge in [0.25, 0.3) is 0 Å². The van der Waals surface area contributed by atoms with E-state index in [1.807, 2.05) is 6.07 Å². The zero-order chi connectivity index (χ0) is 14.2. The summed E-state index contributed by atoms with van der Waals surface area (Å²) in [4.78, 5) is 4.28. The molecular formula is C18H29NO. The van der Waals surface area contributed by atoms with Crippen molar-refractivity contribution < 1.29 is 5.11 Å². The van der Waals surface area contributed by atoms with Gasteiger partial charge >= 0.3 is 0 Å². The third-order valence-corrected chi connectivity index (χ3v) is 4.80. The zero-order valence-electron chi connectivity index (χ0n) is 12.9. The van der Waals surface area contributed by atoms with Crippen LogP contribution in [0.2, 0.25) is 0 Å². The summed E-state index contributed by atoms with van der Waals surface area (Å²) in [5.74, 6) is 2.17. The number of hydrogen-bond donors (Lipinski definition) is 1. The first kappa shape index (κ1) is 15.3. The Morgan fingerprint density at radius 2 is 1.75 bits per heavy atom. The summed E-state index contributed by atoms with van der Waals surface area (Å²) in [6.45, 7) is 2.29. The van der Waals surface area contributed by atoms with Crippen molar-refractivity contribution >= 4 is 0 Å². The second-order valence-corrected chi connectivity index (χ2v) is 6.43. The number of pyridine rings is 1. The number of nitrogens with zero attached hydrogens (tertiary/aromatic N) is 1. The Bertz CT molecular complexity index is 366. The predicted octanol–water partition coefficient (Wildman–Crippen LogP) is 5.11. The molecule has 1 aromatic heterocycles. The van der Waals surface area contributed by atoms with E-state index >= 15 is 0 Å². The maximum absolute atomic E-state index is 9.23. The third kappa shape index (κ3) is 5.15. The van der Waals surface area contributed by atoms with Crippen molar-refractivity contribution in [1.29, 1.82) is 0 Å². The van der Waals surface area contributed by atoms with Crippen molar-refractivity contribution in [2.45, 2.75) is 71.1 Å². The van der Waals surface area contributed by atoms with Gasteiger partial charge < -0.3 is 5.11 Å². The Kier molecular flexibility index (Phi) is 6.35. The lowest BCUT2D eigenvalue weighted by Crippen LogP contribution is -2.15. The summed E-state index contributed by atoms with van der Waals surface area (Å²) in [6, 6.07) is 3.69. The summed E-state index contributed by atoms with van der Waals surface area (Å²) in [7, 11) is 0. The molecular weight excluding hydrogens is 246 g/mol. The molecule has 2 heteroatoms. The van der Waals surface area contributed by atoms with Crippen LogP contribution in [-0.2, 0) is 6.42 Å². The van der Waals surface area contributed by atoms with Crippen LogP contribution in [-0.4, -0.2) is 10.1 Å². The van der Waals surface area contributed by atoms with Crippen molar-refractivity contribution in [3.63, 3.8) is 0 Å². The first-order valence-electron chi connectivity index (χ1n) is 8.41. The van der Waals surface area contributed by atoms with Crippen molar-refractivity contribution in [3.05, 3.63) is 24.0 Å². The molecule has 1 aliphatic carbocycles. The first-order valence-corrected chi connectivity index (χ1v) is 8.41. The molecule has 0 radical (unpaired) electrons. The van der Waals surface area contributed by atoms with Gasteiger partial charge in [-0.25, -0.2) is 0 Å². The van der Waals surface area contributed by atoms with E-state index in [1.165, 1.54) is 57.8 Å². The fraction of sp³-hybridized carbons (Fsp3) is 0.722. The number of unbranched alkanes of at least 4 members (excludes halogenated alkanes) is 2. The van der Waals surface area contributed by atoms with Crippen LogP contribution >= 0.6 is 0 Å². The van der Waals surface area contributed by atoms with E-state index in [9.17, 15) is 5.11 Å². The zero-order valence-corrected chi connectivity index (χ0v) is 12.9. The van der Waals surface area contributed by atoms with Crippen LogP contribution in [0.1, 0.15) is 70.4 Å². The number of aromatic hydroxyl groups is 1. The normalized spacial score (nSPS) is 22.9. The number of aryl methyl sites for hydroxylation is 1. The van der Waals surface area contributed by atoms with E-state index in [4.69, 9.17) is 0 Å².